The molecule has 0 unspecified atom stereocenters. The van der Waals surface area contributed by atoms with Crippen LogP contribution in [0.25, 0.3) is 0 Å². The molecule has 2 N–H and O–H groups in total. The first-order chi connectivity index (χ1) is 20.2. The number of rotatable bonds is 9. The maximum absolute atomic E-state index is 14.5. The van der Waals surface area contributed by atoms with Crippen molar-refractivity contribution in [3.05, 3.63) is 138 Å². The molecule has 0 saturated carbocycles. The summed E-state index contributed by atoms with van der Waals surface area (Å²) in [5.74, 6) is -1.59. The molecule has 0 amide bonds. The van der Waals surface area contributed by atoms with Gasteiger partial charge in [0.2, 0.25) is 0 Å². The van der Waals surface area contributed by atoms with Crippen molar-refractivity contribution in [1.82, 2.24) is 14.0 Å². The van der Waals surface area contributed by atoms with E-state index in [1.54, 1.807) is 36.4 Å². The Morgan fingerprint density at radius 1 is 0.881 bits per heavy atom. The molecule has 1 aliphatic heterocycles. The summed E-state index contributed by atoms with van der Waals surface area (Å²) >= 11 is 0. The van der Waals surface area contributed by atoms with E-state index in [2.05, 4.69) is 4.90 Å². The molecule has 1 aliphatic rings. The summed E-state index contributed by atoms with van der Waals surface area (Å²) in [7, 11) is 0. The van der Waals surface area contributed by atoms with Crippen LogP contribution in [0.2, 0.25) is 0 Å². The van der Waals surface area contributed by atoms with E-state index in [1.807, 2.05) is 17.0 Å². The van der Waals surface area contributed by atoms with E-state index in [9.17, 15) is 28.5 Å². The molecule has 10 nitrogen and oxygen atoms in total. The van der Waals surface area contributed by atoms with Gasteiger partial charge in [-0.3, -0.25) is 28.9 Å². The number of hydrogen-bond acceptors (Lipinski definition) is 7. The van der Waals surface area contributed by atoms with E-state index in [4.69, 9.17) is 5.73 Å². The van der Waals surface area contributed by atoms with Crippen molar-refractivity contribution in [1.29, 1.82) is 0 Å². The van der Waals surface area contributed by atoms with Crippen LogP contribution in [0.15, 0.2) is 88.6 Å². The van der Waals surface area contributed by atoms with Gasteiger partial charge in [0.25, 0.3) is 11.2 Å². The summed E-state index contributed by atoms with van der Waals surface area (Å²) in [6.07, 6.45) is 1.36. The average Bonchev–Trinajstić information content (AvgIpc) is 2.99. The fourth-order valence-corrected chi connectivity index (χ4v) is 5.16. The van der Waals surface area contributed by atoms with Crippen LogP contribution in [-0.2, 0) is 19.6 Å². The third-order valence-corrected chi connectivity index (χ3v) is 7.46. The van der Waals surface area contributed by atoms with Gasteiger partial charge in [0.1, 0.15) is 17.3 Å². The average molecular weight is 577 g/mol. The molecule has 5 rings (SSSR count). The van der Waals surface area contributed by atoms with E-state index in [1.165, 1.54) is 18.3 Å². The van der Waals surface area contributed by atoms with Crippen LogP contribution in [0.3, 0.4) is 0 Å². The fraction of sp³-hybridized carbons (Fsp3) is 0.267. The second-order valence-electron chi connectivity index (χ2n) is 10.2. The van der Waals surface area contributed by atoms with Gasteiger partial charge in [-0.15, -0.1) is 0 Å². The van der Waals surface area contributed by atoms with Gasteiger partial charge in [0, 0.05) is 62.7 Å². The highest BCUT2D eigenvalue weighted by Gasteiger charge is 2.24. The number of hydrogen-bond donors (Lipinski definition) is 1. The number of halogens is 2. The number of nitrogens with zero attached hydrogens (tertiary/aromatic N) is 5. The summed E-state index contributed by atoms with van der Waals surface area (Å²) in [6.45, 7) is 1.93. The third kappa shape index (κ3) is 6.29. The van der Waals surface area contributed by atoms with Gasteiger partial charge < -0.3 is 10.6 Å². The van der Waals surface area contributed by atoms with Crippen LogP contribution in [0.5, 0.6) is 0 Å². The smallest absolute Gasteiger partial charge is 0.331 e. The molecular weight excluding hydrogens is 546 g/mol. The van der Waals surface area contributed by atoms with Crippen molar-refractivity contribution in [2.45, 2.75) is 25.7 Å². The Hall–Kier alpha value is -4.68. The van der Waals surface area contributed by atoms with Crippen molar-refractivity contribution in [2.24, 2.45) is 5.73 Å². The molecule has 0 aliphatic carbocycles. The van der Waals surface area contributed by atoms with Crippen molar-refractivity contribution in [3.8, 4) is 0 Å². The maximum Gasteiger partial charge on any atom is 0.331 e. The molecule has 1 aromatic heterocycles. The molecule has 218 valence electrons. The summed E-state index contributed by atoms with van der Waals surface area (Å²) in [5, 5.41) is 11.1. The highest BCUT2D eigenvalue weighted by Crippen LogP contribution is 2.19. The van der Waals surface area contributed by atoms with Crippen LogP contribution in [0.1, 0.15) is 22.7 Å². The number of nitrogens with two attached hydrogens (primary N) is 1. The first-order valence-electron chi connectivity index (χ1n) is 13.5. The van der Waals surface area contributed by atoms with Crippen LogP contribution >= 0.6 is 0 Å². The van der Waals surface area contributed by atoms with Gasteiger partial charge in [-0.25, -0.2) is 13.6 Å². The molecule has 42 heavy (non-hydrogen) atoms. The lowest BCUT2D eigenvalue weighted by molar-refractivity contribution is -0.384. The zero-order valence-corrected chi connectivity index (χ0v) is 22.7. The second-order valence-corrected chi connectivity index (χ2v) is 10.2. The van der Waals surface area contributed by atoms with Crippen molar-refractivity contribution in [3.63, 3.8) is 0 Å². The Kier molecular flexibility index (Phi) is 8.55. The highest BCUT2D eigenvalue weighted by molar-refractivity contribution is 5.43. The monoisotopic (exact) mass is 576 g/mol. The first-order valence-corrected chi connectivity index (χ1v) is 13.5. The summed E-state index contributed by atoms with van der Waals surface area (Å²) < 4.78 is 31.2. The van der Waals surface area contributed by atoms with Gasteiger partial charge >= 0.3 is 5.69 Å². The number of anilines is 1. The first kappa shape index (κ1) is 28.8. The number of benzene rings is 3. The standard InChI is InChI=1S/C30H30F2N6O4/c31-25-10-5-11-26(32)24(25)18-36-20-28(29(39)37(30(36)40)19-27(33)22-7-2-1-3-8-22)35-14-12-34(13-15-35)17-21-6-4-9-23(16-21)38(41)42/h1-11,16,20,27H,12-15,17-19,33H2/t27-/m0/s1. The molecule has 1 saturated heterocycles. The molecule has 3 aromatic carbocycles. The Morgan fingerprint density at radius 3 is 2.21 bits per heavy atom. The van der Waals surface area contributed by atoms with Crippen LogP contribution in [-0.4, -0.2) is 45.1 Å². The molecule has 2 heterocycles. The third-order valence-electron chi connectivity index (χ3n) is 7.46. The molecule has 0 radical (unpaired) electrons. The lowest BCUT2D eigenvalue weighted by Crippen LogP contribution is -2.50. The molecular formula is C30H30F2N6O4. The zero-order valence-electron chi connectivity index (χ0n) is 22.7. The van der Waals surface area contributed by atoms with Gasteiger partial charge in [-0.05, 0) is 23.3 Å². The minimum Gasteiger partial charge on any atom is -0.363 e. The molecule has 0 bridgehead atoms. The molecule has 1 atom stereocenters. The predicted octanol–water partition coefficient (Wildman–Crippen LogP) is 3.27. The molecule has 12 heteroatoms. The number of nitro benzene ring substituents is 1. The van der Waals surface area contributed by atoms with Gasteiger partial charge in [0.15, 0.2) is 0 Å². The lowest BCUT2D eigenvalue weighted by atomic mass is 10.1. The summed E-state index contributed by atoms with van der Waals surface area (Å²) in [6, 6.07) is 18.3. The van der Waals surface area contributed by atoms with Crippen molar-refractivity contribution >= 4 is 11.4 Å². The second kappa shape index (κ2) is 12.5. The Morgan fingerprint density at radius 2 is 1.55 bits per heavy atom. The predicted molar refractivity (Wildman–Crippen MR) is 154 cm³/mol. The zero-order chi connectivity index (χ0) is 29.8. The minimum absolute atomic E-state index is 0.0222. The summed E-state index contributed by atoms with van der Waals surface area (Å²) in [4.78, 5) is 41.9. The van der Waals surface area contributed by atoms with Gasteiger partial charge in [-0.2, -0.15) is 0 Å². The van der Waals surface area contributed by atoms with Crippen LogP contribution < -0.4 is 21.9 Å². The number of non-ortho nitro benzene ring substituents is 1. The van der Waals surface area contributed by atoms with E-state index >= 15 is 0 Å². The molecule has 1 fully saturated rings. The molecule has 4 aromatic rings. The largest absolute Gasteiger partial charge is 0.363 e. The number of piperazine rings is 1. The van der Waals surface area contributed by atoms with Crippen LogP contribution in [0, 0.1) is 21.7 Å². The fourth-order valence-electron chi connectivity index (χ4n) is 5.16. The quantitative estimate of drug-likeness (QED) is 0.240. The highest BCUT2D eigenvalue weighted by atomic mass is 19.1. The minimum atomic E-state index is -0.794. The van der Waals surface area contributed by atoms with E-state index in [0.29, 0.717) is 32.7 Å². The SMILES string of the molecule is N[C@@H](Cn1c(=O)c(N2CCN(Cc3cccc([N+](=O)[O-])c3)CC2)cn(Cc2c(F)cccc2F)c1=O)c1ccccc1. The summed E-state index contributed by atoms with van der Waals surface area (Å²) in [5.41, 5.74) is 6.61. The maximum atomic E-state index is 14.5. The lowest BCUT2D eigenvalue weighted by Gasteiger charge is -2.36. The van der Waals surface area contributed by atoms with Crippen molar-refractivity contribution in [2.75, 3.05) is 31.1 Å². The van der Waals surface area contributed by atoms with Gasteiger partial charge in [0.05, 0.1) is 18.0 Å². The Bertz CT molecular complexity index is 1680. The Balaban J connectivity index is 1.43. The van der Waals surface area contributed by atoms with Crippen molar-refractivity contribution < 1.29 is 13.7 Å². The Labute approximate surface area is 240 Å². The van der Waals surface area contributed by atoms with E-state index < -0.39 is 40.4 Å². The van der Waals surface area contributed by atoms with Gasteiger partial charge in [-0.1, -0.05) is 48.5 Å². The molecule has 0 spiro atoms. The van der Waals surface area contributed by atoms with E-state index in [-0.39, 0.29) is 23.5 Å². The van der Waals surface area contributed by atoms with Crippen LogP contribution in [0.4, 0.5) is 20.2 Å². The topological polar surface area (TPSA) is 120 Å². The number of nitro groups is 1. The normalized spacial score (nSPS) is 14.6. The van der Waals surface area contributed by atoms with E-state index in [0.717, 1.165) is 32.4 Å². The number of aromatic nitrogens is 2.